The van der Waals surface area contributed by atoms with Crippen LogP contribution in [0.4, 0.5) is 0 Å². The smallest absolute Gasteiger partial charge is 0.167 e. The molecule has 3 aromatic heterocycles. The predicted octanol–water partition coefficient (Wildman–Crippen LogP) is 12.2. The van der Waals surface area contributed by atoms with Gasteiger partial charge in [0.15, 0.2) is 17.5 Å². The van der Waals surface area contributed by atoms with Crippen molar-refractivity contribution in [2.24, 2.45) is 17.8 Å². The Hall–Kier alpha value is -6.58. The van der Waals surface area contributed by atoms with Gasteiger partial charge >= 0.3 is 0 Å². The van der Waals surface area contributed by atoms with E-state index in [1.54, 1.807) is 0 Å². The summed E-state index contributed by atoms with van der Waals surface area (Å²) in [6.07, 6.45) is 8.33. The van der Waals surface area contributed by atoms with E-state index in [0.29, 0.717) is 28.5 Å². The van der Waals surface area contributed by atoms with E-state index in [0.717, 1.165) is 83.9 Å². The van der Waals surface area contributed by atoms with Crippen molar-refractivity contribution in [3.8, 4) is 45.9 Å². The summed E-state index contributed by atoms with van der Waals surface area (Å²) < 4.78 is 8.74. The third-order valence-electron chi connectivity index (χ3n) is 13.3. The molecule has 56 heavy (non-hydrogen) atoms. The van der Waals surface area contributed by atoms with E-state index in [2.05, 4.69) is 95.6 Å². The van der Waals surface area contributed by atoms with Crippen molar-refractivity contribution in [3.05, 3.63) is 145 Å². The molecular formula is C50H37N5O. The molecule has 4 aliphatic rings. The molecule has 6 heteroatoms. The fourth-order valence-corrected chi connectivity index (χ4v) is 11.2. The van der Waals surface area contributed by atoms with Crippen molar-refractivity contribution in [2.75, 3.05) is 0 Å². The largest absolute Gasteiger partial charge is 0.455 e. The van der Waals surface area contributed by atoms with Crippen LogP contribution in [0, 0.1) is 29.1 Å². The molecule has 3 heterocycles. The van der Waals surface area contributed by atoms with E-state index in [1.165, 1.54) is 44.1 Å². The molecule has 4 saturated carbocycles. The number of para-hydroxylation sites is 3. The van der Waals surface area contributed by atoms with E-state index in [4.69, 9.17) is 19.4 Å². The van der Waals surface area contributed by atoms with Crippen LogP contribution in [0.3, 0.4) is 0 Å². The van der Waals surface area contributed by atoms with E-state index < -0.39 is 0 Å². The molecule has 268 valence electrons. The number of rotatable bonds is 5. The second-order valence-electron chi connectivity index (χ2n) is 16.6. The minimum Gasteiger partial charge on any atom is -0.455 e. The van der Waals surface area contributed by atoms with Crippen LogP contribution in [0.5, 0.6) is 0 Å². The van der Waals surface area contributed by atoms with E-state index >= 15 is 0 Å². The average Bonchev–Trinajstić information content (AvgIpc) is 3.79. The Kier molecular flexibility index (Phi) is 6.78. The minimum atomic E-state index is 0.329. The SMILES string of the molecule is N#Cc1ccc2c(c1)c1ccccc1n2-c1ccc(-c2nc(-c3ccc(C45C[C@H]6C[C@H](C4)C[C@@H](C5)C6)cc3)nc(-c3cccc4c3oc3ccccc34)n2)cc1. The van der Waals surface area contributed by atoms with Gasteiger partial charge in [0.1, 0.15) is 11.2 Å². The zero-order chi connectivity index (χ0) is 37.0. The summed E-state index contributed by atoms with van der Waals surface area (Å²) in [5.41, 5.74) is 9.97. The summed E-state index contributed by atoms with van der Waals surface area (Å²) in [6, 6.07) is 48.6. The standard InChI is InChI=1S/C50H37N5O/c51-29-30-12-21-44-42(25-30)38-6-1-3-10-43(38)55(44)37-19-15-35(16-20-37)48-52-47(34-13-17-36(18-14-34)50-26-31-22-32(27-50)24-33(23-31)28-50)53-49(54-48)41-9-5-8-40-39-7-2-4-11-45(39)56-46(40)41/h1-21,25,31-33H,22-24,26-28H2/t31-,32-,33-,50?. The Labute approximate surface area is 324 Å². The summed E-state index contributed by atoms with van der Waals surface area (Å²) in [6.45, 7) is 0. The summed E-state index contributed by atoms with van der Waals surface area (Å²) in [4.78, 5) is 15.5. The lowest BCUT2D eigenvalue weighted by Crippen LogP contribution is -2.48. The maximum Gasteiger partial charge on any atom is 0.167 e. The topological polar surface area (TPSA) is 80.5 Å². The first-order valence-corrected chi connectivity index (χ1v) is 19.9. The van der Waals surface area contributed by atoms with Crippen molar-refractivity contribution < 1.29 is 4.42 Å². The minimum absolute atomic E-state index is 0.329. The zero-order valence-corrected chi connectivity index (χ0v) is 30.8. The third-order valence-corrected chi connectivity index (χ3v) is 13.3. The van der Waals surface area contributed by atoms with Crippen LogP contribution in [-0.2, 0) is 5.41 Å². The van der Waals surface area contributed by atoms with Crippen molar-refractivity contribution in [3.63, 3.8) is 0 Å². The molecular weight excluding hydrogens is 687 g/mol. The molecule has 0 amide bonds. The normalized spacial score (nSPS) is 21.4. The lowest BCUT2D eigenvalue weighted by molar-refractivity contribution is -0.00518. The second-order valence-corrected chi connectivity index (χ2v) is 16.6. The van der Waals surface area contributed by atoms with Gasteiger partial charge < -0.3 is 8.98 Å². The van der Waals surface area contributed by atoms with Gasteiger partial charge in [-0.05, 0) is 128 Å². The van der Waals surface area contributed by atoms with Gasteiger partial charge in [-0.1, -0.05) is 72.8 Å². The van der Waals surface area contributed by atoms with Gasteiger partial charge in [0.25, 0.3) is 0 Å². The lowest BCUT2D eigenvalue weighted by atomic mass is 9.48. The van der Waals surface area contributed by atoms with Crippen LogP contribution >= 0.6 is 0 Å². The van der Waals surface area contributed by atoms with Crippen LogP contribution in [0.2, 0.25) is 0 Å². The Morgan fingerprint density at radius 1 is 0.571 bits per heavy atom. The van der Waals surface area contributed by atoms with Crippen LogP contribution in [0.25, 0.3) is 83.6 Å². The van der Waals surface area contributed by atoms with E-state index in [-0.39, 0.29) is 0 Å². The zero-order valence-electron chi connectivity index (χ0n) is 30.8. The summed E-state index contributed by atoms with van der Waals surface area (Å²) in [5, 5.41) is 13.9. The second kappa shape index (κ2) is 12.0. The van der Waals surface area contributed by atoms with Gasteiger partial charge in [-0.15, -0.1) is 0 Å². The molecule has 0 spiro atoms. The first-order chi connectivity index (χ1) is 27.6. The molecule has 0 unspecified atom stereocenters. The molecule has 0 aliphatic heterocycles. The highest BCUT2D eigenvalue weighted by atomic mass is 16.3. The number of hydrogen-bond acceptors (Lipinski definition) is 5. The molecule has 4 aliphatic carbocycles. The van der Waals surface area contributed by atoms with Crippen molar-refractivity contribution in [1.82, 2.24) is 19.5 Å². The van der Waals surface area contributed by atoms with Gasteiger partial charge in [-0.25, -0.2) is 15.0 Å². The maximum absolute atomic E-state index is 9.63. The quantitative estimate of drug-likeness (QED) is 0.177. The molecule has 4 fully saturated rings. The molecule has 0 atom stereocenters. The number of nitriles is 1. The number of aromatic nitrogens is 4. The Bertz CT molecular complexity index is 3040. The van der Waals surface area contributed by atoms with E-state index in [1.807, 2.05) is 48.5 Å². The fourth-order valence-electron chi connectivity index (χ4n) is 11.2. The fraction of sp³-hybridized carbons (Fsp3) is 0.200. The molecule has 0 saturated heterocycles. The number of fused-ring (bicyclic) bond motifs is 6. The van der Waals surface area contributed by atoms with Gasteiger partial charge in [0.05, 0.1) is 28.2 Å². The van der Waals surface area contributed by atoms with Crippen molar-refractivity contribution in [1.29, 1.82) is 5.26 Å². The molecule has 6 aromatic carbocycles. The van der Waals surface area contributed by atoms with Gasteiger partial charge in [0.2, 0.25) is 0 Å². The Morgan fingerprint density at radius 3 is 1.89 bits per heavy atom. The van der Waals surface area contributed by atoms with E-state index in [9.17, 15) is 5.26 Å². The molecule has 9 aromatic rings. The van der Waals surface area contributed by atoms with Gasteiger partial charge in [0, 0.05) is 38.4 Å². The third kappa shape index (κ3) is 4.83. The monoisotopic (exact) mass is 723 g/mol. The van der Waals surface area contributed by atoms with Crippen LogP contribution < -0.4 is 0 Å². The van der Waals surface area contributed by atoms with Crippen molar-refractivity contribution in [2.45, 2.75) is 43.9 Å². The first kappa shape index (κ1) is 31.7. The highest BCUT2D eigenvalue weighted by molar-refractivity contribution is 6.10. The molecule has 6 nitrogen and oxygen atoms in total. The highest BCUT2D eigenvalue weighted by Crippen LogP contribution is 2.60. The molecule has 4 bridgehead atoms. The lowest BCUT2D eigenvalue weighted by Gasteiger charge is -2.57. The molecule has 0 N–H and O–H groups in total. The first-order valence-electron chi connectivity index (χ1n) is 19.9. The number of furan rings is 1. The van der Waals surface area contributed by atoms with Crippen LogP contribution in [-0.4, -0.2) is 19.5 Å². The molecule has 13 rings (SSSR count). The summed E-state index contributed by atoms with van der Waals surface area (Å²) >= 11 is 0. The number of hydrogen-bond donors (Lipinski definition) is 0. The summed E-state index contributed by atoms with van der Waals surface area (Å²) in [7, 11) is 0. The Balaban J connectivity index is 0.985. The maximum atomic E-state index is 9.63. The predicted molar refractivity (Wildman–Crippen MR) is 222 cm³/mol. The average molecular weight is 724 g/mol. The van der Waals surface area contributed by atoms with Gasteiger partial charge in [-0.3, -0.25) is 0 Å². The number of nitrogens with zero attached hydrogens (tertiary/aromatic N) is 5. The number of benzene rings is 6. The van der Waals surface area contributed by atoms with Crippen LogP contribution in [0.15, 0.2) is 138 Å². The van der Waals surface area contributed by atoms with Gasteiger partial charge in [-0.2, -0.15) is 5.26 Å². The molecule has 0 radical (unpaired) electrons. The summed E-state index contributed by atoms with van der Waals surface area (Å²) in [5.74, 6) is 4.53. The van der Waals surface area contributed by atoms with Crippen LogP contribution in [0.1, 0.15) is 49.7 Å². The Morgan fingerprint density at radius 2 is 1.18 bits per heavy atom. The highest BCUT2D eigenvalue weighted by Gasteiger charge is 2.51. The van der Waals surface area contributed by atoms with Crippen molar-refractivity contribution >= 4 is 43.7 Å².